The van der Waals surface area contributed by atoms with Crippen molar-refractivity contribution in [2.45, 2.75) is 19.3 Å². The fourth-order valence-electron chi connectivity index (χ4n) is 1.34. The van der Waals surface area contributed by atoms with Gasteiger partial charge < -0.3 is 4.74 Å². The zero-order chi connectivity index (χ0) is 7.94. The maximum Gasteiger partial charge on any atom is 0.0962 e. The molecule has 0 spiro atoms. The quantitative estimate of drug-likeness (QED) is 0.378. The van der Waals surface area contributed by atoms with Crippen LogP contribution in [0.3, 0.4) is 0 Å². The molecule has 1 unspecified atom stereocenters. The van der Waals surface area contributed by atoms with Crippen LogP contribution in [0.2, 0.25) is 0 Å². The first-order valence-electron chi connectivity index (χ1n) is 4.31. The van der Waals surface area contributed by atoms with Gasteiger partial charge in [-0.25, -0.2) is 0 Å². The summed E-state index contributed by atoms with van der Waals surface area (Å²) in [6, 6.07) is 0. The molecule has 0 aromatic heterocycles. The third kappa shape index (κ3) is 3.54. The summed E-state index contributed by atoms with van der Waals surface area (Å²) >= 11 is 0. The molecule has 0 aliphatic heterocycles. The van der Waals surface area contributed by atoms with Crippen molar-refractivity contribution in [1.29, 1.82) is 0 Å². The van der Waals surface area contributed by atoms with E-state index >= 15 is 0 Å². The molecule has 0 radical (unpaired) electrons. The third-order valence-corrected chi connectivity index (χ3v) is 1.98. The van der Waals surface area contributed by atoms with Gasteiger partial charge in [0.05, 0.1) is 13.3 Å². The van der Waals surface area contributed by atoms with Gasteiger partial charge in [0.15, 0.2) is 0 Å². The van der Waals surface area contributed by atoms with E-state index in [4.69, 9.17) is 4.74 Å². The first-order valence-corrected chi connectivity index (χ1v) is 4.31. The van der Waals surface area contributed by atoms with Crippen LogP contribution in [0.25, 0.3) is 0 Å². The van der Waals surface area contributed by atoms with Crippen molar-refractivity contribution < 1.29 is 4.74 Å². The lowest BCUT2D eigenvalue weighted by Gasteiger charge is -2.17. The molecular weight excluding hydrogens is 138 g/mol. The van der Waals surface area contributed by atoms with E-state index in [1.54, 1.807) is 0 Å². The van der Waals surface area contributed by atoms with E-state index in [9.17, 15) is 0 Å². The maximum atomic E-state index is 5.38. The lowest BCUT2D eigenvalue weighted by molar-refractivity contribution is 0.0861. The SMILES string of the molecule is CNCOCC1CC=CCC1. The van der Waals surface area contributed by atoms with Gasteiger partial charge in [-0.1, -0.05) is 12.2 Å². The van der Waals surface area contributed by atoms with E-state index in [0.717, 1.165) is 12.5 Å². The molecule has 0 heterocycles. The molecule has 1 aliphatic rings. The molecule has 0 aromatic carbocycles. The van der Waals surface area contributed by atoms with E-state index in [1.807, 2.05) is 7.05 Å². The standard InChI is InChI=1S/C9H17NO/c1-10-8-11-7-9-5-3-2-4-6-9/h2-3,9-10H,4-8H2,1H3. The third-order valence-electron chi connectivity index (χ3n) is 1.98. The molecule has 0 bridgehead atoms. The van der Waals surface area contributed by atoms with Gasteiger partial charge in [0, 0.05) is 0 Å². The molecule has 0 fully saturated rings. The predicted molar refractivity (Wildman–Crippen MR) is 46.4 cm³/mol. The van der Waals surface area contributed by atoms with Crippen LogP contribution in [0.15, 0.2) is 12.2 Å². The molecule has 1 rings (SSSR count). The Morgan fingerprint density at radius 3 is 3.09 bits per heavy atom. The summed E-state index contributed by atoms with van der Waals surface area (Å²) in [5, 5.41) is 2.97. The number of allylic oxidation sites excluding steroid dienone is 2. The van der Waals surface area contributed by atoms with Crippen molar-refractivity contribution in [3.05, 3.63) is 12.2 Å². The fourth-order valence-corrected chi connectivity index (χ4v) is 1.34. The van der Waals surface area contributed by atoms with Crippen LogP contribution in [0.5, 0.6) is 0 Å². The van der Waals surface area contributed by atoms with Crippen LogP contribution >= 0.6 is 0 Å². The number of rotatable bonds is 4. The molecule has 1 aliphatic carbocycles. The average Bonchev–Trinajstić information content (AvgIpc) is 2.07. The minimum absolute atomic E-state index is 0.681. The summed E-state index contributed by atoms with van der Waals surface area (Å²) in [5.74, 6) is 0.758. The molecule has 0 amide bonds. The van der Waals surface area contributed by atoms with Gasteiger partial charge in [0.25, 0.3) is 0 Å². The summed E-state index contributed by atoms with van der Waals surface area (Å²) in [6.07, 6.45) is 8.24. The largest absolute Gasteiger partial charge is 0.366 e. The van der Waals surface area contributed by atoms with Gasteiger partial charge in [0.1, 0.15) is 0 Å². The molecular formula is C9H17NO. The summed E-state index contributed by atoms with van der Waals surface area (Å²) in [5.41, 5.74) is 0. The van der Waals surface area contributed by atoms with Crippen LogP contribution < -0.4 is 5.32 Å². The fraction of sp³-hybridized carbons (Fsp3) is 0.778. The Morgan fingerprint density at radius 1 is 1.55 bits per heavy atom. The smallest absolute Gasteiger partial charge is 0.0962 e. The Bertz CT molecular complexity index is 123. The Labute approximate surface area is 68.6 Å². The van der Waals surface area contributed by atoms with Crippen molar-refractivity contribution in [1.82, 2.24) is 5.32 Å². The monoisotopic (exact) mass is 155 g/mol. The molecule has 0 aromatic rings. The van der Waals surface area contributed by atoms with Gasteiger partial charge in [-0.15, -0.1) is 0 Å². The molecule has 64 valence electrons. The molecule has 2 nitrogen and oxygen atoms in total. The highest BCUT2D eigenvalue weighted by molar-refractivity contribution is 4.89. The Kier molecular flexibility index (Phi) is 4.24. The van der Waals surface area contributed by atoms with Crippen molar-refractivity contribution in [2.75, 3.05) is 20.4 Å². The van der Waals surface area contributed by atoms with Crippen molar-refractivity contribution >= 4 is 0 Å². The maximum absolute atomic E-state index is 5.38. The van der Waals surface area contributed by atoms with E-state index in [-0.39, 0.29) is 0 Å². The zero-order valence-electron chi connectivity index (χ0n) is 7.18. The molecule has 0 saturated carbocycles. The van der Waals surface area contributed by atoms with E-state index < -0.39 is 0 Å². The second-order valence-corrected chi connectivity index (χ2v) is 3.02. The van der Waals surface area contributed by atoms with Gasteiger partial charge in [0.2, 0.25) is 0 Å². The van der Waals surface area contributed by atoms with Gasteiger partial charge >= 0.3 is 0 Å². The minimum atomic E-state index is 0.681. The summed E-state index contributed by atoms with van der Waals surface area (Å²) in [6.45, 7) is 1.59. The normalized spacial score (nSPS) is 23.9. The average molecular weight is 155 g/mol. The number of ether oxygens (including phenoxy) is 1. The summed E-state index contributed by atoms with van der Waals surface area (Å²) in [4.78, 5) is 0. The van der Waals surface area contributed by atoms with E-state index in [0.29, 0.717) is 6.73 Å². The number of nitrogens with one attached hydrogen (secondary N) is 1. The zero-order valence-corrected chi connectivity index (χ0v) is 7.18. The van der Waals surface area contributed by atoms with Gasteiger partial charge in [-0.05, 0) is 32.2 Å². The minimum Gasteiger partial charge on any atom is -0.366 e. The Morgan fingerprint density at radius 2 is 2.45 bits per heavy atom. The highest BCUT2D eigenvalue weighted by Crippen LogP contribution is 2.17. The van der Waals surface area contributed by atoms with Gasteiger partial charge in [-0.2, -0.15) is 0 Å². The predicted octanol–water partition coefficient (Wildman–Crippen LogP) is 1.54. The second-order valence-electron chi connectivity index (χ2n) is 3.02. The molecule has 2 heteroatoms. The van der Waals surface area contributed by atoms with Crippen LogP contribution in [-0.2, 0) is 4.74 Å². The van der Waals surface area contributed by atoms with E-state index in [1.165, 1.54) is 19.3 Å². The summed E-state index contributed by atoms with van der Waals surface area (Å²) < 4.78 is 5.38. The lowest BCUT2D eigenvalue weighted by Crippen LogP contribution is -2.17. The van der Waals surface area contributed by atoms with Gasteiger partial charge in [-0.3, -0.25) is 5.32 Å². The van der Waals surface area contributed by atoms with Crippen LogP contribution in [0, 0.1) is 5.92 Å². The van der Waals surface area contributed by atoms with Crippen LogP contribution in [0.4, 0.5) is 0 Å². The number of hydrogen-bond donors (Lipinski definition) is 1. The first-order chi connectivity index (χ1) is 5.43. The van der Waals surface area contributed by atoms with E-state index in [2.05, 4.69) is 17.5 Å². The van der Waals surface area contributed by atoms with Crippen molar-refractivity contribution in [2.24, 2.45) is 5.92 Å². The molecule has 1 N–H and O–H groups in total. The van der Waals surface area contributed by atoms with Crippen LogP contribution in [0.1, 0.15) is 19.3 Å². The highest BCUT2D eigenvalue weighted by atomic mass is 16.5. The summed E-state index contributed by atoms with van der Waals surface area (Å²) in [7, 11) is 1.90. The Hall–Kier alpha value is -0.340. The lowest BCUT2D eigenvalue weighted by atomic mass is 9.95. The number of hydrogen-bond acceptors (Lipinski definition) is 2. The topological polar surface area (TPSA) is 21.3 Å². The molecule has 11 heavy (non-hydrogen) atoms. The molecule has 0 saturated heterocycles. The van der Waals surface area contributed by atoms with Crippen LogP contribution in [-0.4, -0.2) is 20.4 Å². The van der Waals surface area contributed by atoms with Crippen molar-refractivity contribution in [3.63, 3.8) is 0 Å². The van der Waals surface area contributed by atoms with Crippen molar-refractivity contribution in [3.8, 4) is 0 Å². The highest BCUT2D eigenvalue weighted by Gasteiger charge is 2.08. The molecule has 1 atom stereocenters. The second kappa shape index (κ2) is 5.33. The Balaban J connectivity index is 2.02. The first kappa shape index (κ1) is 8.75.